The Hall–Kier alpha value is -3.96. The first-order valence-corrected chi connectivity index (χ1v) is 11.0. The highest BCUT2D eigenvalue weighted by Gasteiger charge is 2.24. The van der Waals surface area contributed by atoms with Gasteiger partial charge in [0.05, 0.1) is 34.7 Å². The van der Waals surface area contributed by atoms with E-state index >= 15 is 0 Å². The molecule has 0 fully saturated rings. The van der Waals surface area contributed by atoms with Gasteiger partial charge in [-0.1, -0.05) is 23.8 Å². The van der Waals surface area contributed by atoms with Crippen molar-refractivity contribution in [2.75, 3.05) is 11.8 Å². The number of hydrogen-bond acceptors (Lipinski definition) is 8. The number of nitrogens with one attached hydrogen (secondary N) is 1. The summed E-state index contributed by atoms with van der Waals surface area (Å²) in [6.07, 6.45) is 0. The molecule has 0 aliphatic rings. The molecule has 3 rings (SSSR count). The van der Waals surface area contributed by atoms with E-state index < -0.39 is 27.5 Å². The van der Waals surface area contributed by atoms with Crippen molar-refractivity contribution in [1.82, 2.24) is 0 Å². The molecular formula is C22H20N2O8S. The van der Waals surface area contributed by atoms with Crippen LogP contribution in [0, 0.1) is 17.0 Å². The lowest BCUT2D eigenvalue weighted by atomic mass is 10.1. The number of aliphatic hydroxyl groups excluding tert-OH is 1. The minimum absolute atomic E-state index is 0.00316. The molecule has 0 amide bonds. The number of benzene rings is 3. The van der Waals surface area contributed by atoms with E-state index in [1.54, 1.807) is 12.1 Å². The minimum atomic E-state index is -4.11. The predicted octanol–water partition coefficient (Wildman–Crippen LogP) is 3.78. The van der Waals surface area contributed by atoms with E-state index in [0.717, 1.165) is 18.7 Å². The number of esters is 1. The molecule has 0 unspecified atom stereocenters. The normalized spacial score (nSPS) is 11.0. The molecule has 0 aliphatic carbocycles. The van der Waals surface area contributed by atoms with Crippen LogP contribution in [0.15, 0.2) is 65.6 Å². The van der Waals surface area contributed by atoms with Crippen LogP contribution >= 0.6 is 0 Å². The third-order valence-corrected chi connectivity index (χ3v) is 6.01. The predicted molar refractivity (Wildman–Crippen MR) is 119 cm³/mol. The van der Waals surface area contributed by atoms with Gasteiger partial charge in [0.1, 0.15) is 11.4 Å². The summed E-state index contributed by atoms with van der Waals surface area (Å²) in [5.41, 5.74) is 0.298. The molecule has 0 saturated carbocycles. The maximum atomic E-state index is 13.0. The summed E-state index contributed by atoms with van der Waals surface area (Å²) < 4.78 is 38.8. The van der Waals surface area contributed by atoms with Gasteiger partial charge in [-0.15, -0.1) is 0 Å². The van der Waals surface area contributed by atoms with Crippen LogP contribution in [0.1, 0.15) is 21.5 Å². The van der Waals surface area contributed by atoms with Gasteiger partial charge in [-0.25, -0.2) is 13.2 Å². The Morgan fingerprint density at radius 2 is 1.82 bits per heavy atom. The minimum Gasteiger partial charge on any atom is -0.465 e. The Morgan fingerprint density at radius 1 is 1.12 bits per heavy atom. The van der Waals surface area contributed by atoms with Gasteiger partial charge in [0.25, 0.3) is 15.7 Å². The number of rotatable bonds is 8. The van der Waals surface area contributed by atoms with E-state index in [1.807, 2.05) is 6.92 Å². The van der Waals surface area contributed by atoms with Gasteiger partial charge in [-0.2, -0.15) is 0 Å². The Labute approximate surface area is 189 Å². The molecule has 10 nitrogen and oxygen atoms in total. The van der Waals surface area contributed by atoms with Gasteiger partial charge in [-0.05, 0) is 43.3 Å². The summed E-state index contributed by atoms with van der Waals surface area (Å²) in [6.45, 7) is 1.20. The summed E-state index contributed by atoms with van der Waals surface area (Å²) in [6, 6.07) is 14.0. The molecule has 0 bridgehead atoms. The third-order valence-electron chi connectivity index (χ3n) is 4.65. The van der Waals surface area contributed by atoms with Crippen molar-refractivity contribution in [2.45, 2.75) is 18.4 Å². The Morgan fingerprint density at radius 3 is 2.42 bits per heavy atom. The molecule has 0 radical (unpaired) electrons. The lowest BCUT2D eigenvalue weighted by Crippen LogP contribution is -2.17. The largest absolute Gasteiger partial charge is 0.465 e. The number of nitro groups is 1. The average molecular weight is 472 g/mol. The van der Waals surface area contributed by atoms with E-state index in [0.29, 0.717) is 0 Å². The van der Waals surface area contributed by atoms with Gasteiger partial charge in [-0.3, -0.25) is 14.8 Å². The van der Waals surface area contributed by atoms with E-state index in [-0.39, 0.29) is 38.9 Å². The van der Waals surface area contributed by atoms with Crippen molar-refractivity contribution in [3.05, 3.63) is 87.5 Å². The van der Waals surface area contributed by atoms with Crippen LogP contribution < -0.4 is 9.46 Å². The Balaban J connectivity index is 2.07. The number of para-hydroxylation sites is 1. The van der Waals surface area contributed by atoms with Crippen LogP contribution in [-0.4, -0.2) is 31.5 Å². The van der Waals surface area contributed by atoms with Crippen LogP contribution in [0.4, 0.5) is 11.4 Å². The standard InChI is InChI=1S/C22H20N2O8S/c1-14-6-9-17(10-7-14)33(29,30)23-21-18(22(26)31-2)4-3-5-20(21)32-16-8-11-19(24(27)28)15(12-16)13-25/h3-12,23,25H,13H2,1-2H3. The first-order chi connectivity index (χ1) is 15.7. The lowest BCUT2D eigenvalue weighted by Gasteiger charge is -2.17. The van der Waals surface area contributed by atoms with E-state index in [9.17, 15) is 28.4 Å². The number of nitrogens with zero attached hydrogens (tertiary/aromatic N) is 1. The quantitative estimate of drug-likeness (QED) is 0.286. The molecule has 0 saturated heterocycles. The van der Waals surface area contributed by atoms with Crippen LogP contribution in [0.3, 0.4) is 0 Å². The van der Waals surface area contributed by atoms with Crippen molar-refractivity contribution in [1.29, 1.82) is 0 Å². The molecule has 0 aromatic heterocycles. The number of sulfonamides is 1. The summed E-state index contributed by atoms with van der Waals surface area (Å²) in [5.74, 6) is -0.768. The SMILES string of the molecule is COC(=O)c1cccc(Oc2ccc([N+](=O)[O-])c(CO)c2)c1NS(=O)(=O)c1ccc(C)cc1. The van der Waals surface area contributed by atoms with Crippen molar-refractivity contribution in [3.63, 3.8) is 0 Å². The number of anilines is 1. The number of methoxy groups -OCH3 is 1. The second-order valence-corrected chi connectivity index (χ2v) is 8.58. The smallest absolute Gasteiger partial charge is 0.340 e. The summed E-state index contributed by atoms with van der Waals surface area (Å²) in [7, 11) is -2.96. The van der Waals surface area contributed by atoms with Crippen LogP contribution in [0.25, 0.3) is 0 Å². The molecule has 33 heavy (non-hydrogen) atoms. The highest BCUT2D eigenvalue weighted by molar-refractivity contribution is 7.92. The van der Waals surface area contributed by atoms with E-state index in [1.165, 1.54) is 42.5 Å². The molecule has 3 aromatic rings. The topological polar surface area (TPSA) is 145 Å². The summed E-state index contributed by atoms with van der Waals surface area (Å²) in [5, 5.41) is 20.5. The monoisotopic (exact) mass is 472 g/mol. The summed E-state index contributed by atoms with van der Waals surface area (Å²) in [4.78, 5) is 22.7. The van der Waals surface area contributed by atoms with Crippen LogP contribution in [-0.2, 0) is 21.4 Å². The number of hydrogen-bond donors (Lipinski definition) is 2. The molecule has 2 N–H and O–H groups in total. The van der Waals surface area contributed by atoms with Gasteiger partial charge in [0, 0.05) is 6.07 Å². The molecule has 0 atom stereocenters. The zero-order chi connectivity index (χ0) is 24.2. The first kappa shape index (κ1) is 23.7. The summed E-state index contributed by atoms with van der Waals surface area (Å²) >= 11 is 0. The second kappa shape index (κ2) is 9.67. The van der Waals surface area contributed by atoms with Gasteiger partial charge in [0.2, 0.25) is 0 Å². The first-order valence-electron chi connectivity index (χ1n) is 9.53. The lowest BCUT2D eigenvalue weighted by molar-refractivity contribution is -0.385. The maximum Gasteiger partial charge on any atom is 0.340 e. The molecular weight excluding hydrogens is 452 g/mol. The molecule has 11 heteroatoms. The van der Waals surface area contributed by atoms with Gasteiger partial charge in [0.15, 0.2) is 5.75 Å². The fourth-order valence-electron chi connectivity index (χ4n) is 2.97. The van der Waals surface area contributed by atoms with Gasteiger partial charge < -0.3 is 14.6 Å². The van der Waals surface area contributed by atoms with E-state index in [2.05, 4.69) is 4.72 Å². The molecule has 0 spiro atoms. The molecule has 0 heterocycles. The highest BCUT2D eigenvalue weighted by atomic mass is 32.2. The van der Waals surface area contributed by atoms with Crippen molar-refractivity contribution >= 4 is 27.4 Å². The number of ether oxygens (including phenoxy) is 2. The average Bonchev–Trinajstić information content (AvgIpc) is 2.79. The number of nitro benzene ring substituents is 1. The Kier molecular flexibility index (Phi) is 6.95. The fraction of sp³-hybridized carbons (Fsp3) is 0.136. The van der Waals surface area contributed by atoms with Crippen molar-refractivity contribution < 1.29 is 32.7 Å². The highest BCUT2D eigenvalue weighted by Crippen LogP contribution is 2.36. The van der Waals surface area contributed by atoms with Crippen LogP contribution in [0.2, 0.25) is 0 Å². The number of aryl methyl sites for hydroxylation is 1. The zero-order valence-corrected chi connectivity index (χ0v) is 18.5. The number of aliphatic hydroxyl groups is 1. The molecule has 172 valence electrons. The molecule has 0 aliphatic heterocycles. The van der Waals surface area contributed by atoms with E-state index in [4.69, 9.17) is 9.47 Å². The van der Waals surface area contributed by atoms with Crippen molar-refractivity contribution in [3.8, 4) is 11.5 Å². The maximum absolute atomic E-state index is 13.0. The Bertz CT molecular complexity index is 1300. The molecule has 3 aromatic carbocycles. The second-order valence-electron chi connectivity index (χ2n) is 6.90. The fourth-order valence-corrected chi connectivity index (χ4v) is 4.06. The number of carbonyl (C=O) groups is 1. The van der Waals surface area contributed by atoms with Crippen LogP contribution in [0.5, 0.6) is 11.5 Å². The zero-order valence-electron chi connectivity index (χ0n) is 17.6. The number of carbonyl (C=O) groups excluding carboxylic acids is 1. The van der Waals surface area contributed by atoms with Gasteiger partial charge >= 0.3 is 5.97 Å². The van der Waals surface area contributed by atoms with Crippen molar-refractivity contribution in [2.24, 2.45) is 0 Å². The third kappa shape index (κ3) is 5.27.